The van der Waals surface area contributed by atoms with E-state index in [1.165, 1.54) is 0 Å². The second kappa shape index (κ2) is 7.48. The molecule has 1 aliphatic rings. The number of tetrazole rings is 1. The van der Waals surface area contributed by atoms with Gasteiger partial charge in [-0.05, 0) is 65.0 Å². The van der Waals surface area contributed by atoms with Crippen molar-refractivity contribution in [1.29, 1.82) is 0 Å². The number of carbonyl (C=O) groups excluding carboxylic acids is 1. The van der Waals surface area contributed by atoms with E-state index in [9.17, 15) is 4.79 Å². The Hall–Kier alpha value is -3.35. The Morgan fingerprint density at radius 1 is 0.900 bits per heavy atom. The predicted octanol–water partition coefficient (Wildman–Crippen LogP) is 4.55. The van der Waals surface area contributed by atoms with E-state index < -0.39 is 0 Å². The lowest BCUT2D eigenvalue weighted by Crippen LogP contribution is -2.11. The molecule has 30 heavy (non-hydrogen) atoms. The van der Waals surface area contributed by atoms with Gasteiger partial charge in [0.1, 0.15) is 6.54 Å². The van der Waals surface area contributed by atoms with Gasteiger partial charge in [-0.25, -0.2) is 0 Å². The number of hydrogen-bond acceptors (Lipinski definition) is 5. The first kappa shape index (κ1) is 18.7. The van der Waals surface area contributed by atoms with E-state index in [0.717, 1.165) is 16.8 Å². The third-order valence-electron chi connectivity index (χ3n) is 4.86. The Labute approximate surface area is 181 Å². The molecule has 0 spiro atoms. The van der Waals surface area contributed by atoms with Crippen LogP contribution in [0, 0.1) is 0 Å². The summed E-state index contributed by atoms with van der Waals surface area (Å²) in [6, 6.07) is 19.7. The molecule has 0 saturated heterocycles. The summed E-state index contributed by atoms with van der Waals surface area (Å²) in [4.78, 5) is 17.8. The van der Waals surface area contributed by atoms with E-state index >= 15 is 0 Å². The molecule has 146 valence electrons. The first-order chi connectivity index (χ1) is 14.6. The maximum atomic E-state index is 13.1. The molecule has 0 bridgehead atoms. The predicted molar refractivity (Wildman–Crippen MR) is 115 cm³/mol. The van der Waals surface area contributed by atoms with Gasteiger partial charge >= 0.3 is 0 Å². The van der Waals surface area contributed by atoms with Crippen LogP contribution in [-0.4, -0.2) is 31.7 Å². The third kappa shape index (κ3) is 3.30. The molecule has 0 unspecified atom stereocenters. The average Bonchev–Trinajstić information content (AvgIpc) is 3.16. The number of fused-ring (bicyclic) bond motifs is 3. The number of hydrogen-bond donors (Lipinski definition) is 0. The van der Waals surface area contributed by atoms with Crippen LogP contribution >= 0.6 is 23.2 Å². The highest BCUT2D eigenvalue weighted by Crippen LogP contribution is 2.27. The quantitative estimate of drug-likeness (QED) is 0.444. The molecule has 6 nitrogen and oxygen atoms in total. The monoisotopic (exact) mass is 433 g/mol. The average molecular weight is 434 g/mol. The molecule has 0 aliphatic carbocycles. The van der Waals surface area contributed by atoms with Crippen molar-refractivity contribution in [2.75, 3.05) is 0 Å². The summed E-state index contributed by atoms with van der Waals surface area (Å²) in [5, 5.41) is 13.1. The van der Waals surface area contributed by atoms with Crippen molar-refractivity contribution in [1.82, 2.24) is 20.2 Å². The highest BCUT2D eigenvalue weighted by atomic mass is 35.5. The number of benzene rings is 3. The van der Waals surface area contributed by atoms with Crippen LogP contribution in [0.3, 0.4) is 0 Å². The second-order valence-electron chi connectivity index (χ2n) is 6.75. The number of ketones is 1. The zero-order valence-corrected chi connectivity index (χ0v) is 17.0. The molecule has 5 rings (SSSR count). The molecule has 0 saturated carbocycles. The van der Waals surface area contributed by atoms with Crippen LogP contribution in [0.5, 0.6) is 0 Å². The van der Waals surface area contributed by atoms with E-state index in [0.29, 0.717) is 39.3 Å². The van der Waals surface area contributed by atoms with Crippen LogP contribution in [-0.2, 0) is 6.54 Å². The normalized spacial score (nSPS) is 12.5. The lowest BCUT2D eigenvalue weighted by Gasteiger charge is -2.12. The largest absolute Gasteiger partial charge is 0.289 e. The minimum atomic E-state index is -0.110. The molecule has 3 aromatic carbocycles. The van der Waals surface area contributed by atoms with E-state index in [1.807, 2.05) is 30.3 Å². The lowest BCUT2D eigenvalue weighted by molar-refractivity contribution is 0.103. The van der Waals surface area contributed by atoms with E-state index in [1.54, 1.807) is 41.1 Å². The van der Waals surface area contributed by atoms with Gasteiger partial charge in [-0.2, -0.15) is 4.68 Å². The number of halogens is 2. The summed E-state index contributed by atoms with van der Waals surface area (Å²) in [5.74, 6) is 0.506. The molecule has 0 atom stereocenters. The SMILES string of the molecule is O=C(c1ccc(Cl)cc1)c1ccc2c(c1)C(c1cccc(Cl)c1)=NCc1nnnn1-2. The number of rotatable bonds is 3. The molecule has 1 aliphatic heterocycles. The van der Waals surface area contributed by atoms with Crippen molar-refractivity contribution in [3.05, 3.63) is 105 Å². The highest BCUT2D eigenvalue weighted by Gasteiger charge is 2.23. The van der Waals surface area contributed by atoms with E-state index in [4.69, 9.17) is 28.2 Å². The molecular weight excluding hydrogens is 421 g/mol. The Balaban J connectivity index is 1.68. The Morgan fingerprint density at radius 3 is 2.50 bits per heavy atom. The fourth-order valence-corrected chi connectivity index (χ4v) is 3.74. The van der Waals surface area contributed by atoms with Crippen LogP contribution in [0.1, 0.15) is 32.9 Å². The molecular formula is C22H13Cl2N5O. The fourth-order valence-electron chi connectivity index (χ4n) is 3.43. The fraction of sp³-hybridized carbons (Fsp3) is 0.0455. The van der Waals surface area contributed by atoms with Crippen molar-refractivity contribution in [2.45, 2.75) is 6.54 Å². The van der Waals surface area contributed by atoms with Crippen LogP contribution in [0.4, 0.5) is 0 Å². The summed E-state index contributed by atoms with van der Waals surface area (Å²) in [6.07, 6.45) is 0. The first-order valence-corrected chi connectivity index (χ1v) is 9.88. The van der Waals surface area contributed by atoms with Gasteiger partial charge in [0.25, 0.3) is 0 Å². The topological polar surface area (TPSA) is 73.0 Å². The van der Waals surface area contributed by atoms with Gasteiger partial charge in [-0.15, -0.1) is 5.10 Å². The summed E-state index contributed by atoms with van der Waals surface area (Å²) in [7, 11) is 0. The molecule has 8 heteroatoms. The summed E-state index contributed by atoms with van der Waals surface area (Å²) in [6.45, 7) is 0.310. The molecule has 2 heterocycles. The molecule has 4 aromatic rings. The standard InChI is InChI=1S/C22H13Cl2N5O/c23-16-7-4-13(5-8-16)22(30)15-6-9-19-18(11-15)21(14-2-1-3-17(24)10-14)25-12-20-26-27-28-29(19)20/h1-11H,12H2. The first-order valence-electron chi connectivity index (χ1n) is 9.13. The molecule has 1 aromatic heterocycles. The summed E-state index contributed by atoms with van der Waals surface area (Å²) in [5.41, 5.74) is 4.14. The van der Waals surface area contributed by atoms with Crippen LogP contribution in [0.2, 0.25) is 10.0 Å². The van der Waals surface area contributed by atoms with E-state index in [2.05, 4.69) is 15.5 Å². The van der Waals surface area contributed by atoms with E-state index in [-0.39, 0.29) is 5.78 Å². The highest BCUT2D eigenvalue weighted by molar-refractivity contribution is 6.31. The third-order valence-corrected chi connectivity index (χ3v) is 5.35. The number of aromatic nitrogens is 4. The van der Waals surface area contributed by atoms with Gasteiger partial charge < -0.3 is 0 Å². The van der Waals surface area contributed by atoms with Gasteiger partial charge in [0.15, 0.2) is 11.6 Å². The Morgan fingerprint density at radius 2 is 1.70 bits per heavy atom. The minimum Gasteiger partial charge on any atom is -0.289 e. The smallest absolute Gasteiger partial charge is 0.193 e. The zero-order valence-electron chi connectivity index (χ0n) is 15.5. The summed E-state index contributed by atoms with van der Waals surface area (Å²) >= 11 is 12.2. The molecule has 0 radical (unpaired) electrons. The maximum Gasteiger partial charge on any atom is 0.193 e. The Bertz CT molecular complexity index is 1310. The molecule has 0 amide bonds. The van der Waals surface area contributed by atoms with Crippen molar-refractivity contribution >= 4 is 34.7 Å². The van der Waals surface area contributed by atoms with Crippen molar-refractivity contribution in [3.8, 4) is 5.69 Å². The van der Waals surface area contributed by atoms with Gasteiger partial charge in [-0.1, -0.05) is 35.3 Å². The van der Waals surface area contributed by atoms with Gasteiger partial charge in [-0.3, -0.25) is 9.79 Å². The van der Waals surface area contributed by atoms with Gasteiger partial charge in [0, 0.05) is 32.3 Å². The van der Waals surface area contributed by atoms with Crippen molar-refractivity contribution in [3.63, 3.8) is 0 Å². The molecule has 0 fully saturated rings. The number of aliphatic imine (C=N–C) groups is 1. The van der Waals surface area contributed by atoms with Crippen LogP contribution < -0.4 is 0 Å². The maximum absolute atomic E-state index is 13.1. The van der Waals surface area contributed by atoms with Crippen LogP contribution in [0.15, 0.2) is 71.7 Å². The minimum absolute atomic E-state index is 0.110. The number of carbonyl (C=O) groups is 1. The van der Waals surface area contributed by atoms with Crippen molar-refractivity contribution in [2.24, 2.45) is 4.99 Å². The Kier molecular flexibility index (Phi) is 4.65. The zero-order chi connectivity index (χ0) is 20.7. The number of nitrogens with zero attached hydrogens (tertiary/aromatic N) is 5. The second-order valence-corrected chi connectivity index (χ2v) is 7.62. The lowest BCUT2D eigenvalue weighted by atomic mass is 9.95. The van der Waals surface area contributed by atoms with Crippen LogP contribution in [0.25, 0.3) is 5.69 Å². The summed E-state index contributed by atoms with van der Waals surface area (Å²) < 4.78 is 1.65. The van der Waals surface area contributed by atoms with Crippen molar-refractivity contribution < 1.29 is 4.79 Å². The van der Waals surface area contributed by atoms with Gasteiger partial charge in [0.05, 0.1) is 11.4 Å². The molecule has 0 N–H and O–H groups in total. The van der Waals surface area contributed by atoms with Gasteiger partial charge in [0.2, 0.25) is 0 Å².